The highest BCUT2D eigenvalue weighted by Gasteiger charge is 2.11. The molecule has 5 nitrogen and oxygen atoms in total. The maximum Gasteiger partial charge on any atom is 0.267 e. The Morgan fingerprint density at radius 2 is 2.24 bits per heavy atom. The monoisotopic (exact) mass is 252 g/mol. The van der Waals surface area contributed by atoms with Gasteiger partial charge in [-0.1, -0.05) is 19.1 Å². The Bertz CT molecular complexity index is 435. The fourth-order valence-electron chi connectivity index (χ4n) is 1.40. The highest BCUT2D eigenvalue weighted by Crippen LogP contribution is 2.14. The van der Waals surface area contributed by atoms with Crippen molar-refractivity contribution in [1.29, 1.82) is 0 Å². The Kier molecular flexibility index (Phi) is 4.39. The zero-order valence-corrected chi connectivity index (χ0v) is 10.7. The van der Waals surface area contributed by atoms with Crippen molar-refractivity contribution < 1.29 is 4.79 Å². The number of aromatic nitrogens is 1. The number of nitrogens with two attached hydrogens (primary N) is 2. The summed E-state index contributed by atoms with van der Waals surface area (Å²) in [6.45, 7) is 2.63. The van der Waals surface area contributed by atoms with E-state index in [1.165, 1.54) is 0 Å². The highest BCUT2D eigenvalue weighted by atomic mass is 32.1. The molecule has 1 aromatic heterocycles. The molecule has 0 bridgehead atoms. The molecule has 0 aromatic carbocycles. The first kappa shape index (κ1) is 13.4. The summed E-state index contributed by atoms with van der Waals surface area (Å²) in [5.74, 6) is -0.442. The summed E-state index contributed by atoms with van der Waals surface area (Å²) >= 11 is 4.92. The van der Waals surface area contributed by atoms with Crippen molar-refractivity contribution in [1.82, 2.24) is 4.98 Å². The Morgan fingerprint density at radius 1 is 1.59 bits per heavy atom. The van der Waals surface area contributed by atoms with E-state index in [0.29, 0.717) is 11.5 Å². The SMILES string of the molecule is CC(CN(C)c1ccnc(C(N)=O)c1)C(N)=S. The van der Waals surface area contributed by atoms with Gasteiger partial charge in [-0.05, 0) is 12.1 Å². The van der Waals surface area contributed by atoms with Gasteiger partial charge >= 0.3 is 0 Å². The molecule has 0 saturated heterocycles. The van der Waals surface area contributed by atoms with Gasteiger partial charge < -0.3 is 16.4 Å². The third kappa shape index (κ3) is 3.67. The number of hydrogen-bond acceptors (Lipinski definition) is 4. The largest absolute Gasteiger partial charge is 0.393 e. The number of anilines is 1. The van der Waals surface area contributed by atoms with E-state index in [-0.39, 0.29) is 11.6 Å². The molecule has 0 fully saturated rings. The molecule has 0 spiro atoms. The first-order chi connectivity index (χ1) is 7.91. The second-order valence-electron chi connectivity index (χ2n) is 3.95. The van der Waals surface area contributed by atoms with Gasteiger partial charge in [0, 0.05) is 31.4 Å². The van der Waals surface area contributed by atoms with Gasteiger partial charge in [0.2, 0.25) is 0 Å². The molecule has 1 heterocycles. The van der Waals surface area contributed by atoms with Crippen LogP contribution in [0.25, 0.3) is 0 Å². The van der Waals surface area contributed by atoms with Crippen LogP contribution in [0, 0.1) is 5.92 Å². The normalized spacial score (nSPS) is 11.9. The predicted octanol–water partition coefficient (Wildman–Crippen LogP) is 0.539. The van der Waals surface area contributed by atoms with Crippen LogP contribution in [-0.2, 0) is 0 Å². The molecule has 17 heavy (non-hydrogen) atoms. The minimum atomic E-state index is -0.539. The van der Waals surface area contributed by atoms with E-state index in [4.69, 9.17) is 23.7 Å². The number of rotatable bonds is 5. The van der Waals surface area contributed by atoms with Crippen molar-refractivity contribution in [2.75, 3.05) is 18.5 Å². The van der Waals surface area contributed by atoms with Crippen LogP contribution in [-0.4, -0.2) is 29.5 Å². The third-order valence-electron chi connectivity index (χ3n) is 2.47. The molecular weight excluding hydrogens is 236 g/mol. The molecule has 0 aliphatic heterocycles. The Morgan fingerprint density at radius 3 is 2.76 bits per heavy atom. The number of amides is 1. The molecule has 0 radical (unpaired) electrons. The number of pyridine rings is 1. The second kappa shape index (κ2) is 5.58. The Labute approximate surface area is 106 Å². The summed E-state index contributed by atoms with van der Waals surface area (Å²) in [5.41, 5.74) is 11.8. The number of thiocarbonyl (C=S) groups is 1. The summed E-state index contributed by atoms with van der Waals surface area (Å²) in [4.78, 5) is 17.3. The van der Waals surface area contributed by atoms with Gasteiger partial charge in [-0.15, -0.1) is 0 Å². The van der Waals surface area contributed by atoms with Crippen LogP contribution in [0.3, 0.4) is 0 Å². The first-order valence-corrected chi connectivity index (χ1v) is 5.59. The standard InChI is InChI=1S/C11H16N4OS/c1-7(11(13)17)6-15(2)8-3-4-14-9(5-8)10(12)16/h3-5,7H,6H2,1-2H3,(H2,12,16)(H2,13,17). The molecule has 0 aliphatic rings. The first-order valence-electron chi connectivity index (χ1n) is 5.18. The zero-order chi connectivity index (χ0) is 13.0. The Hall–Kier alpha value is -1.69. The minimum Gasteiger partial charge on any atom is -0.393 e. The van der Waals surface area contributed by atoms with Crippen molar-refractivity contribution in [3.05, 3.63) is 24.0 Å². The fraction of sp³-hybridized carbons (Fsp3) is 0.364. The topological polar surface area (TPSA) is 85.2 Å². The van der Waals surface area contributed by atoms with Gasteiger partial charge in [0.15, 0.2) is 0 Å². The van der Waals surface area contributed by atoms with Gasteiger partial charge in [-0.25, -0.2) is 0 Å². The highest BCUT2D eigenvalue weighted by molar-refractivity contribution is 7.80. The molecule has 1 aromatic rings. The smallest absolute Gasteiger partial charge is 0.267 e. The zero-order valence-electron chi connectivity index (χ0n) is 9.88. The van der Waals surface area contributed by atoms with Gasteiger partial charge in [0.05, 0.1) is 4.99 Å². The van der Waals surface area contributed by atoms with Crippen LogP contribution < -0.4 is 16.4 Å². The van der Waals surface area contributed by atoms with E-state index in [1.807, 2.05) is 18.9 Å². The number of carbonyl (C=O) groups is 1. The molecule has 92 valence electrons. The molecular formula is C11H16N4OS. The van der Waals surface area contributed by atoms with Crippen LogP contribution in [0.1, 0.15) is 17.4 Å². The molecule has 4 N–H and O–H groups in total. The van der Waals surface area contributed by atoms with Crippen LogP contribution in [0.15, 0.2) is 18.3 Å². The van der Waals surface area contributed by atoms with E-state index in [1.54, 1.807) is 18.3 Å². The molecule has 1 amide bonds. The van der Waals surface area contributed by atoms with E-state index >= 15 is 0 Å². The van der Waals surface area contributed by atoms with E-state index in [0.717, 1.165) is 5.69 Å². The lowest BCUT2D eigenvalue weighted by atomic mass is 10.1. The molecule has 0 aliphatic carbocycles. The van der Waals surface area contributed by atoms with Crippen molar-refractivity contribution in [2.24, 2.45) is 17.4 Å². The van der Waals surface area contributed by atoms with E-state index in [9.17, 15) is 4.79 Å². The molecule has 6 heteroatoms. The van der Waals surface area contributed by atoms with Gasteiger partial charge in [0.25, 0.3) is 5.91 Å². The van der Waals surface area contributed by atoms with Crippen LogP contribution in [0.2, 0.25) is 0 Å². The molecule has 1 atom stereocenters. The van der Waals surface area contributed by atoms with E-state index in [2.05, 4.69) is 4.98 Å². The van der Waals surface area contributed by atoms with Crippen molar-refractivity contribution in [2.45, 2.75) is 6.92 Å². The van der Waals surface area contributed by atoms with Crippen LogP contribution in [0.4, 0.5) is 5.69 Å². The van der Waals surface area contributed by atoms with Crippen molar-refractivity contribution >= 4 is 28.8 Å². The Balaban J connectivity index is 2.82. The van der Waals surface area contributed by atoms with Gasteiger partial charge in [-0.3, -0.25) is 9.78 Å². The van der Waals surface area contributed by atoms with E-state index < -0.39 is 5.91 Å². The predicted molar refractivity (Wildman–Crippen MR) is 72.0 cm³/mol. The maximum atomic E-state index is 11.0. The lowest BCUT2D eigenvalue weighted by molar-refractivity contribution is 0.0995. The van der Waals surface area contributed by atoms with Gasteiger partial charge in [0.1, 0.15) is 5.69 Å². The number of hydrogen-bond donors (Lipinski definition) is 2. The summed E-state index contributed by atoms with van der Waals surface area (Å²) in [7, 11) is 1.90. The third-order valence-corrected chi connectivity index (χ3v) is 2.87. The number of primary amides is 1. The average molecular weight is 252 g/mol. The fourth-order valence-corrected chi connectivity index (χ4v) is 1.47. The lowest BCUT2D eigenvalue weighted by Crippen LogP contribution is -2.31. The lowest BCUT2D eigenvalue weighted by Gasteiger charge is -2.22. The average Bonchev–Trinajstić information content (AvgIpc) is 2.28. The van der Waals surface area contributed by atoms with Crippen LogP contribution in [0.5, 0.6) is 0 Å². The molecule has 1 rings (SSSR count). The van der Waals surface area contributed by atoms with Crippen LogP contribution >= 0.6 is 12.2 Å². The quantitative estimate of drug-likeness (QED) is 0.747. The summed E-state index contributed by atoms with van der Waals surface area (Å²) in [6, 6.07) is 3.45. The summed E-state index contributed by atoms with van der Waals surface area (Å²) in [5, 5.41) is 0. The number of nitrogens with zero attached hydrogens (tertiary/aromatic N) is 2. The maximum absolute atomic E-state index is 11.0. The van der Waals surface area contributed by atoms with Crippen molar-refractivity contribution in [3.8, 4) is 0 Å². The minimum absolute atomic E-state index is 0.0974. The molecule has 1 unspecified atom stereocenters. The van der Waals surface area contributed by atoms with Crippen molar-refractivity contribution in [3.63, 3.8) is 0 Å². The number of carbonyl (C=O) groups excluding carboxylic acids is 1. The molecule has 0 saturated carbocycles. The van der Waals surface area contributed by atoms with Gasteiger partial charge in [-0.2, -0.15) is 0 Å². The second-order valence-corrected chi connectivity index (χ2v) is 4.42. The summed E-state index contributed by atoms with van der Waals surface area (Å²) < 4.78 is 0. The summed E-state index contributed by atoms with van der Waals surface area (Å²) in [6.07, 6.45) is 1.55.